The van der Waals surface area contributed by atoms with Gasteiger partial charge in [0.15, 0.2) is 11.3 Å². The van der Waals surface area contributed by atoms with E-state index in [4.69, 9.17) is 13.8 Å². The lowest BCUT2D eigenvalue weighted by atomic mass is 10.2. The topological polar surface area (TPSA) is 148 Å². The van der Waals surface area contributed by atoms with Gasteiger partial charge in [-0.2, -0.15) is 4.31 Å². The summed E-state index contributed by atoms with van der Waals surface area (Å²) < 4.78 is 58.4. The summed E-state index contributed by atoms with van der Waals surface area (Å²) >= 11 is 0. The maximum absolute atomic E-state index is 13.6. The van der Waals surface area contributed by atoms with Crippen molar-refractivity contribution >= 4 is 23.1 Å². The van der Waals surface area contributed by atoms with Crippen LogP contribution in [0.1, 0.15) is 31.8 Å². The molecule has 1 aromatic carbocycles. The van der Waals surface area contributed by atoms with Gasteiger partial charge in [0.05, 0.1) is 22.8 Å². The number of aromatic amines is 1. The highest BCUT2D eigenvalue weighted by Crippen LogP contribution is 2.46. The summed E-state index contributed by atoms with van der Waals surface area (Å²) in [6, 6.07) is 4.54. The van der Waals surface area contributed by atoms with Crippen LogP contribution >= 0.6 is 7.60 Å². The Morgan fingerprint density at radius 1 is 1.10 bits per heavy atom. The van der Waals surface area contributed by atoms with Crippen molar-refractivity contribution in [1.29, 1.82) is 0 Å². The molecular formula is C24H35N6O7PS. The summed E-state index contributed by atoms with van der Waals surface area (Å²) in [5, 5.41) is 4.64. The molecule has 1 N–H and O–H groups in total. The normalized spacial score (nSPS) is 15.7. The smallest absolute Gasteiger partial charge is 0.344 e. The molecular weight excluding hydrogens is 547 g/mol. The number of aromatic nitrogens is 4. The number of piperazine rings is 1. The van der Waals surface area contributed by atoms with E-state index in [1.54, 1.807) is 13.0 Å². The lowest BCUT2D eigenvalue weighted by molar-refractivity contribution is 0.187. The molecule has 0 spiro atoms. The molecule has 1 saturated heterocycles. The molecule has 1 fully saturated rings. The van der Waals surface area contributed by atoms with E-state index in [1.807, 2.05) is 18.7 Å². The fraction of sp³-hybridized carbons (Fsp3) is 0.542. The van der Waals surface area contributed by atoms with E-state index in [0.29, 0.717) is 54.5 Å². The second-order valence-electron chi connectivity index (χ2n) is 9.16. The third-order valence-corrected chi connectivity index (χ3v) is 10.4. The van der Waals surface area contributed by atoms with E-state index in [1.165, 1.54) is 35.2 Å². The van der Waals surface area contributed by atoms with Gasteiger partial charge in [0.2, 0.25) is 10.0 Å². The number of aryl methyl sites for hydroxylation is 2. The molecule has 0 bridgehead atoms. The maximum atomic E-state index is 13.6. The Morgan fingerprint density at radius 3 is 2.41 bits per heavy atom. The van der Waals surface area contributed by atoms with Crippen LogP contribution in [0.3, 0.4) is 0 Å². The van der Waals surface area contributed by atoms with Crippen molar-refractivity contribution in [3.63, 3.8) is 0 Å². The molecule has 39 heavy (non-hydrogen) atoms. The molecule has 3 aromatic rings. The zero-order valence-electron chi connectivity index (χ0n) is 22.8. The molecule has 2 aromatic heterocycles. The predicted molar refractivity (Wildman–Crippen MR) is 146 cm³/mol. The van der Waals surface area contributed by atoms with Gasteiger partial charge in [0, 0.05) is 46.8 Å². The highest BCUT2D eigenvalue weighted by molar-refractivity contribution is 7.89. The third kappa shape index (κ3) is 5.96. The molecule has 214 valence electrons. The Kier molecular flexibility index (Phi) is 8.94. The quantitative estimate of drug-likeness (QED) is 0.334. The highest BCUT2D eigenvalue weighted by atomic mass is 32.2. The number of sulfonamides is 1. The number of fused-ring (bicyclic) bond motifs is 1. The number of imidazole rings is 1. The van der Waals surface area contributed by atoms with Crippen LogP contribution in [0.25, 0.3) is 16.9 Å². The number of ether oxygens (including phenoxy) is 1. The van der Waals surface area contributed by atoms with Crippen LogP contribution in [-0.4, -0.2) is 90.5 Å². The van der Waals surface area contributed by atoms with E-state index < -0.39 is 17.6 Å². The van der Waals surface area contributed by atoms with Crippen molar-refractivity contribution in [2.45, 2.75) is 38.5 Å². The summed E-state index contributed by atoms with van der Waals surface area (Å²) in [5.74, 6) is 1.23. The van der Waals surface area contributed by atoms with Gasteiger partial charge in [0.1, 0.15) is 17.9 Å². The molecule has 1 aliphatic heterocycles. The van der Waals surface area contributed by atoms with Crippen molar-refractivity contribution in [1.82, 2.24) is 28.8 Å². The lowest BCUT2D eigenvalue weighted by Gasteiger charge is -2.34. The Morgan fingerprint density at radius 2 is 1.79 bits per heavy atom. The number of hydrogen-bond donors (Lipinski definition) is 1. The summed E-state index contributed by atoms with van der Waals surface area (Å²) in [7, 11) is -4.48. The molecule has 0 atom stereocenters. The molecule has 0 radical (unpaired) electrons. The molecule has 15 heteroatoms. The van der Waals surface area contributed by atoms with Gasteiger partial charge in [-0.05, 0) is 38.5 Å². The number of rotatable bonds is 11. The van der Waals surface area contributed by atoms with E-state index in [9.17, 15) is 17.8 Å². The van der Waals surface area contributed by atoms with Crippen LogP contribution in [0, 0.1) is 6.92 Å². The molecule has 13 nitrogen and oxygen atoms in total. The van der Waals surface area contributed by atoms with Crippen LogP contribution in [0.15, 0.2) is 27.9 Å². The van der Waals surface area contributed by atoms with Crippen LogP contribution in [0.4, 0.5) is 0 Å². The first kappa shape index (κ1) is 29.4. The first-order valence-electron chi connectivity index (χ1n) is 12.8. The minimum Gasteiger partial charge on any atom is -0.493 e. The van der Waals surface area contributed by atoms with Gasteiger partial charge in [-0.3, -0.25) is 14.3 Å². The predicted octanol–water partition coefficient (Wildman–Crippen LogP) is 2.49. The first-order chi connectivity index (χ1) is 18.6. The van der Waals surface area contributed by atoms with E-state index in [0.717, 1.165) is 6.42 Å². The van der Waals surface area contributed by atoms with E-state index in [2.05, 4.69) is 15.1 Å². The zero-order valence-corrected chi connectivity index (χ0v) is 24.5. The summed E-state index contributed by atoms with van der Waals surface area (Å²) in [6.45, 7) is 7.06. The number of hydrogen-bond acceptors (Lipinski definition) is 10. The van der Waals surface area contributed by atoms with Crippen molar-refractivity contribution < 1.29 is 26.8 Å². The minimum absolute atomic E-state index is 0.0483. The van der Waals surface area contributed by atoms with Crippen LogP contribution < -0.4 is 10.3 Å². The molecule has 3 heterocycles. The Balaban J connectivity index is 1.68. The average Bonchev–Trinajstić information content (AvgIpc) is 3.24. The van der Waals surface area contributed by atoms with Crippen LogP contribution in [0.2, 0.25) is 0 Å². The second kappa shape index (κ2) is 11.9. The monoisotopic (exact) mass is 582 g/mol. The highest BCUT2D eigenvalue weighted by Gasteiger charge is 2.33. The van der Waals surface area contributed by atoms with Crippen LogP contribution in [-0.2, 0) is 30.1 Å². The minimum atomic E-state index is -3.89. The summed E-state index contributed by atoms with van der Waals surface area (Å²) in [6.07, 6.45) is 1.53. The number of benzene rings is 1. The molecule has 1 aliphatic rings. The molecule has 0 amide bonds. The Labute approximate surface area is 227 Å². The third-order valence-electron chi connectivity index (χ3n) is 6.62. The SMILES string of the molecule is CCCc1nc(C)c2c(=O)[nH]c(-c3cc(S(=O)(=O)N4CCN(CP(=O)(OC)OC)CC4)ccc3OCC)nn12. The van der Waals surface area contributed by atoms with Gasteiger partial charge in [0.25, 0.3) is 5.56 Å². The molecule has 4 rings (SSSR count). The van der Waals surface area contributed by atoms with Crippen molar-refractivity contribution in [3.8, 4) is 17.1 Å². The lowest BCUT2D eigenvalue weighted by Crippen LogP contribution is -2.48. The van der Waals surface area contributed by atoms with E-state index in [-0.39, 0.29) is 35.7 Å². The number of nitrogens with one attached hydrogen (secondary N) is 1. The Bertz CT molecular complexity index is 1540. The fourth-order valence-corrected chi connectivity index (χ4v) is 7.18. The fourth-order valence-electron chi connectivity index (χ4n) is 4.57. The summed E-state index contributed by atoms with van der Waals surface area (Å²) in [5.41, 5.74) is 0.911. The van der Waals surface area contributed by atoms with Crippen molar-refractivity contribution in [2.24, 2.45) is 0 Å². The van der Waals surface area contributed by atoms with Gasteiger partial charge in [-0.1, -0.05) is 6.92 Å². The van der Waals surface area contributed by atoms with Gasteiger partial charge >= 0.3 is 7.60 Å². The molecule has 0 unspecified atom stereocenters. The first-order valence-corrected chi connectivity index (χ1v) is 15.9. The second-order valence-corrected chi connectivity index (χ2v) is 13.3. The maximum Gasteiger partial charge on any atom is 0.344 e. The van der Waals surface area contributed by atoms with Gasteiger partial charge in [-0.25, -0.2) is 17.9 Å². The number of H-pyrrole nitrogens is 1. The number of nitrogens with zero attached hydrogens (tertiary/aromatic N) is 5. The zero-order chi connectivity index (χ0) is 28.4. The van der Waals surface area contributed by atoms with Crippen molar-refractivity contribution in [3.05, 3.63) is 40.1 Å². The largest absolute Gasteiger partial charge is 0.493 e. The molecule has 0 aliphatic carbocycles. The summed E-state index contributed by atoms with van der Waals surface area (Å²) in [4.78, 5) is 22.2. The average molecular weight is 583 g/mol. The Hall–Kier alpha value is -2.61. The molecule has 0 saturated carbocycles. The van der Waals surface area contributed by atoms with E-state index >= 15 is 0 Å². The van der Waals surface area contributed by atoms with Gasteiger partial charge < -0.3 is 18.8 Å². The van der Waals surface area contributed by atoms with Crippen LogP contribution in [0.5, 0.6) is 5.75 Å². The standard InChI is InChI=1S/C24H35N6O7PS/c1-6-8-21-25-17(3)22-24(31)26-23(27-30(21)22)19-15-18(9-10-20(19)37-7-2)39(33,34)29-13-11-28(12-14-29)16-38(32,35-4)36-5/h9-10,15H,6-8,11-14,16H2,1-5H3,(H,26,27,31). The van der Waals surface area contributed by atoms with Gasteiger partial charge in [-0.15, -0.1) is 5.10 Å². The van der Waals surface area contributed by atoms with Crippen molar-refractivity contribution in [2.75, 3.05) is 53.3 Å².